The van der Waals surface area contributed by atoms with E-state index in [0.29, 0.717) is 6.54 Å². The van der Waals surface area contributed by atoms with Gasteiger partial charge in [0.05, 0.1) is 6.61 Å². The van der Waals surface area contributed by atoms with Gasteiger partial charge in [-0.15, -0.1) is 0 Å². The third kappa shape index (κ3) is 4.21. The molecule has 1 aromatic rings. The summed E-state index contributed by atoms with van der Waals surface area (Å²) in [5.41, 5.74) is 12.4. The number of rotatable bonds is 7. The molecule has 3 heteroatoms. The molecule has 16 heavy (non-hydrogen) atoms. The smallest absolute Gasteiger partial charge is 0.119 e. The van der Waals surface area contributed by atoms with Gasteiger partial charge in [0.25, 0.3) is 0 Å². The van der Waals surface area contributed by atoms with Crippen molar-refractivity contribution < 1.29 is 4.74 Å². The van der Waals surface area contributed by atoms with Crippen molar-refractivity contribution >= 4 is 0 Å². The second-order valence-corrected chi connectivity index (χ2v) is 3.97. The minimum absolute atomic E-state index is 0.0749. The number of ether oxygens (including phenoxy) is 1. The third-order valence-corrected chi connectivity index (χ3v) is 2.58. The molecule has 0 aliphatic carbocycles. The highest BCUT2D eigenvalue weighted by Gasteiger charge is 2.02. The Bertz CT molecular complexity index is 284. The van der Waals surface area contributed by atoms with E-state index in [2.05, 4.69) is 6.92 Å². The molecule has 0 bridgehead atoms. The van der Waals surface area contributed by atoms with Crippen LogP contribution in [0.15, 0.2) is 24.3 Å². The maximum absolute atomic E-state index is 5.82. The first-order chi connectivity index (χ1) is 7.77. The second kappa shape index (κ2) is 7.25. The lowest BCUT2D eigenvalue weighted by Crippen LogP contribution is -2.20. The van der Waals surface area contributed by atoms with E-state index in [1.807, 2.05) is 24.3 Å². The maximum Gasteiger partial charge on any atom is 0.119 e. The Balaban J connectivity index is 2.39. The molecule has 0 aromatic heterocycles. The van der Waals surface area contributed by atoms with E-state index in [0.717, 1.165) is 24.3 Å². The topological polar surface area (TPSA) is 61.3 Å². The van der Waals surface area contributed by atoms with Crippen LogP contribution in [-0.4, -0.2) is 13.2 Å². The van der Waals surface area contributed by atoms with Crippen LogP contribution in [0.2, 0.25) is 0 Å². The summed E-state index contributed by atoms with van der Waals surface area (Å²) in [5, 5.41) is 0. The monoisotopic (exact) mass is 222 g/mol. The normalized spacial score (nSPS) is 12.4. The molecule has 0 fully saturated rings. The average molecular weight is 222 g/mol. The third-order valence-electron chi connectivity index (χ3n) is 2.58. The predicted octanol–water partition coefficient (Wildman–Crippen LogP) is 2.21. The first-order valence-corrected chi connectivity index (χ1v) is 5.96. The van der Waals surface area contributed by atoms with E-state index < -0.39 is 0 Å². The number of hydrogen-bond acceptors (Lipinski definition) is 3. The maximum atomic E-state index is 5.82. The molecule has 1 unspecified atom stereocenters. The highest BCUT2D eigenvalue weighted by molar-refractivity contribution is 5.29. The Morgan fingerprint density at radius 3 is 2.44 bits per heavy atom. The van der Waals surface area contributed by atoms with Gasteiger partial charge < -0.3 is 16.2 Å². The van der Waals surface area contributed by atoms with Crippen LogP contribution in [0.4, 0.5) is 0 Å². The van der Waals surface area contributed by atoms with Gasteiger partial charge in [0.15, 0.2) is 0 Å². The van der Waals surface area contributed by atoms with Crippen LogP contribution in [-0.2, 0) is 0 Å². The van der Waals surface area contributed by atoms with Crippen LogP contribution in [0.25, 0.3) is 0 Å². The Kier molecular flexibility index (Phi) is 5.90. The van der Waals surface area contributed by atoms with E-state index >= 15 is 0 Å². The fraction of sp³-hybridized carbons (Fsp3) is 0.538. The van der Waals surface area contributed by atoms with Gasteiger partial charge in [-0.25, -0.2) is 0 Å². The van der Waals surface area contributed by atoms with Gasteiger partial charge in [-0.3, -0.25) is 0 Å². The van der Waals surface area contributed by atoms with Crippen molar-refractivity contribution in [2.24, 2.45) is 11.5 Å². The average Bonchev–Trinajstić information content (AvgIpc) is 2.34. The molecule has 1 rings (SSSR count). The molecular weight excluding hydrogens is 200 g/mol. The zero-order chi connectivity index (χ0) is 11.8. The van der Waals surface area contributed by atoms with E-state index in [1.165, 1.54) is 12.8 Å². The summed E-state index contributed by atoms with van der Waals surface area (Å²) in [4.78, 5) is 0. The van der Waals surface area contributed by atoms with Crippen LogP contribution in [0.5, 0.6) is 5.75 Å². The molecule has 4 N–H and O–H groups in total. The summed E-state index contributed by atoms with van der Waals surface area (Å²) < 4.78 is 5.60. The van der Waals surface area contributed by atoms with E-state index in [1.54, 1.807) is 0 Å². The second-order valence-electron chi connectivity index (χ2n) is 3.97. The number of unbranched alkanes of at least 4 members (excludes halogenated alkanes) is 2. The molecule has 0 spiro atoms. The lowest BCUT2D eigenvalue weighted by molar-refractivity contribution is 0.306. The minimum atomic E-state index is -0.0749. The SMILES string of the molecule is CCCCCOc1ccc(C(N)CN)cc1. The Hall–Kier alpha value is -1.06. The fourth-order valence-electron chi connectivity index (χ4n) is 1.49. The molecular formula is C13H22N2O. The molecule has 1 atom stereocenters. The van der Waals surface area contributed by atoms with Crippen molar-refractivity contribution in [3.8, 4) is 5.75 Å². The van der Waals surface area contributed by atoms with E-state index in [-0.39, 0.29) is 6.04 Å². The number of benzene rings is 1. The summed E-state index contributed by atoms with van der Waals surface area (Å²) in [5.74, 6) is 0.907. The van der Waals surface area contributed by atoms with Crippen molar-refractivity contribution in [3.63, 3.8) is 0 Å². The van der Waals surface area contributed by atoms with Gasteiger partial charge in [0.2, 0.25) is 0 Å². The highest BCUT2D eigenvalue weighted by atomic mass is 16.5. The summed E-state index contributed by atoms with van der Waals surface area (Å²) in [6.07, 6.45) is 3.55. The molecule has 3 nitrogen and oxygen atoms in total. The molecule has 1 aromatic carbocycles. The summed E-state index contributed by atoms with van der Waals surface area (Å²) in [7, 11) is 0. The molecule has 0 aliphatic heterocycles. The summed E-state index contributed by atoms with van der Waals surface area (Å²) in [6.45, 7) is 3.44. The lowest BCUT2D eigenvalue weighted by atomic mass is 10.1. The zero-order valence-electron chi connectivity index (χ0n) is 9.99. The van der Waals surface area contributed by atoms with Gasteiger partial charge in [-0.05, 0) is 24.1 Å². The first kappa shape index (κ1) is 13.0. The molecule has 0 heterocycles. The standard InChI is InChI=1S/C13H22N2O/c1-2-3-4-9-16-12-7-5-11(6-8-12)13(15)10-14/h5-8,13H,2-4,9-10,14-15H2,1H3. The van der Waals surface area contributed by atoms with Crippen molar-refractivity contribution in [1.29, 1.82) is 0 Å². The molecule has 0 radical (unpaired) electrons. The largest absolute Gasteiger partial charge is 0.494 e. The van der Waals surface area contributed by atoms with E-state index in [9.17, 15) is 0 Å². The predicted molar refractivity (Wildman–Crippen MR) is 67.4 cm³/mol. The Morgan fingerprint density at radius 1 is 1.19 bits per heavy atom. The number of hydrogen-bond donors (Lipinski definition) is 2. The van der Waals surface area contributed by atoms with Gasteiger partial charge in [0.1, 0.15) is 5.75 Å². The van der Waals surface area contributed by atoms with Crippen LogP contribution in [0.3, 0.4) is 0 Å². The number of nitrogens with two attached hydrogens (primary N) is 2. The van der Waals surface area contributed by atoms with Crippen molar-refractivity contribution in [3.05, 3.63) is 29.8 Å². The first-order valence-electron chi connectivity index (χ1n) is 5.96. The molecule has 0 amide bonds. The van der Waals surface area contributed by atoms with Crippen molar-refractivity contribution in [1.82, 2.24) is 0 Å². The highest BCUT2D eigenvalue weighted by Crippen LogP contribution is 2.16. The molecule has 0 saturated carbocycles. The van der Waals surface area contributed by atoms with Crippen LogP contribution in [0.1, 0.15) is 37.8 Å². The minimum Gasteiger partial charge on any atom is -0.494 e. The van der Waals surface area contributed by atoms with Crippen LogP contribution >= 0.6 is 0 Å². The Labute approximate surface area is 97.8 Å². The zero-order valence-corrected chi connectivity index (χ0v) is 9.99. The lowest BCUT2D eigenvalue weighted by Gasteiger charge is -2.10. The van der Waals surface area contributed by atoms with Gasteiger partial charge in [-0.1, -0.05) is 31.9 Å². The Morgan fingerprint density at radius 2 is 1.88 bits per heavy atom. The molecule has 90 valence electrons. The fourth-order valence-corrected chi connectivity index (χ4v) is 1.49. The van der Waals surface area contributed by atoms with E-state index in [4.69, 9.17) is 16.2 Å². The van der Waals surface area contributed by atoms with Crippen LogP contribution < -0.4 is 16.2 Å². The summed E-state index contributed by atoms with van der Waals surface area (Å²) >= 11 is 0. The summed E-state index contributed by atoms with van der Waals surface area (Å²) in [6, 6.07) is 7.79. The van der Waals surface area contributed by atoms with Crippen molar-refractivity contribution in [2.75, 3.05) is 13.2 Å². The van der Waals surface area contributed by atoms with Gasteiger partial charge in [0, 0.05) is 12.6 Å². The van der Waals surface area contributed by atoms with Crippen LogP contribution in [0, 0.1) is 0 Å². The molecule has 0 aliphatic rings. The van der Waals surface area contributed by atoms with Gasteiger partial charge >= 0.3 is 0 Å². The quantitative estimate of drug-likeness (QED) is 0.695. The van der Waals surface area contributed by atoms with Gasteiger partial charge in [-0.2, -0.15) is 0 Å². The molecule has 0 saturated heterocycles. The van der Waals surface area contributed by atoms with Crippen molar-refractivity contribution in [2.45, 2.75) is 32.2 Å².